The van der Waals surface area contributed by atoms with Crippen LogP contribution in [0.15, 0.2) is 22.0 Å². The van der Waals surface area contributed by atoms with E-state index < -0.39 is 6.09 Å². The normalized spacial score (nSPS) is 15.9. The minimum Gasteiger partial charge on any atom is -0.465 e. The molecule has 106 valence electrons. The van der Waals surface area contributed by atoms with Crippen molar-refractivity contribution in [2.75, 3.05) is 31.1 Å². The third kappa shape index (κ3) is 2.35. The van der Waals surface area contributed by atoms with Crippen LogP contribution in [-0.2, 0) is 0 Å². The van der Waals surface area contributed by atoms with E-state index in [1.165, 1.54) is 28.4 Å². The van der Waals surface area contributed by atoms with E-state index in [0.29, 0.717) is 26.2 Å². The zero-order valence-electron chi connectivity index (χ0n) is 10.5. The summed E-state index contributed by atoms with van der Waals surface area (Å²) in [5.41, 5.74) is 1.04. The highest BCUT2D eigenvalue weighted by atomic mass is 79.9. The van der Waals surface area contributed by atoms with Crippen molar-refractivity contribution in [2.24, 2.45) is 0 Å². The molecule has 3 rings (SSSR count). The molecule has 1 saturated heterocycles. The largest absolute Gasteiger partial charge is 0.465 e. The Hall–Kier alpha value is -1.34. The predicted molar refractivity (Wildman–Crippen MR) is 81.3 cm³/mol. The van der Waals surface area contributed by atoms with Gasteiger partial charge in [0.25, 0.3) is 0 Å². The average molecular weight is 359 g/mol. The number of fused-ring (bicyclic) bond motifs is 1. The molecule has 0 saturated carbocycles. The molecule has 2 aromatic rings. The Balaban J connectivity index is 1.91. The van der Waals surface area contributed by atoms with Gasteiger partial charge in [-0.2, -0.15) is 0 Å². The van der Waals surface area contributed by atoms with Gasteiger partial charge < -0.3 is 14.9 Å². The fourth-order valence-electron chi connectivity index (χ4n) is 2.44. The molecule has 1 fully saturated rings. The zero-order valence-corrected chi connectivity index (χ0v) is 12.9. The highest BCUT2D eigenvalue weighted by Gasteiger charge is 2.24. The van der Waals surface area contributed by atoms with Crippen LogP contribution < -0.4 is 4.90 Å². The number of rotatable bonds is 1. The summed E-state index contributed by atoms with van der Waals surface area (Å²) in [7, 11) is 0. The SMILES string of the molecule is O=C(O)N1CCN(c2c(Br)sc3cc(F)ccc23)CC1. The van der Waals surface area contributed by atoms with Crippen LogP contribution >= 0.6 is 27.3 Å². The summed E-state index contributed by atoms with van der Waals surface area (Å²) in [4.78, 5) is 14.5. The van der Waals surface area contributed by atoms with Crippen molar-refractivity contribution < 1.29 is 14.3 Å². The predicted octanol–water partition coefficient (Wildman–Crippen LogP) is 3.60. The summed E-state index contributed by atoms with van der Waals surface area (Å²) >= 11 is 5.04. The van der Waals surface area contributed by atoms with E-state index in [2.05, 4.69) is 20.8 Å². The second-order valence-electron chi connectivity index (χ2n) is 4.62. The fraction of sp³-hybridized carbons (Fsp3) is 0.308. The van der Waals surface area contributed by atoms with Crippen molar-refractivity contribution in [3.8, 4) is 0 Å². The van der Waals surface area contributed by atoms with Crippen LogP contribution in [0.25, 0.3) is 10.1 Å². The molecule has 2 heterocycles. The van der Waals surface area contributed by atoms with Crippen molar-refractivity contribution in [3.63, 3.8) is 0 Å². The van der Waals surface area contributed by atoms with E-state index in [0.717, 1.165) is 19.6 Å². The van der Waals surface area contributed by atoms with Crippen LogP contribution in [0.5, 0.6) is 0 Å². The van der Waals surface area contributed by atoms with E-state index in [4.69, 9.17) is 5.11 Å². The summed E-state index contributed by atoms with van der Waals surface area (Å²) < 4.78 is 15.1. The van der Waals surface area contributed by atoms with Gasteiger partial charge in [0.05, 0.1) is 9.47 Å². The number of piperazine rings is 1. The van der Waals surface area contributed by atoms with Crippen molar-refractivity contribution >= 4 is 49.1 Å². The van der Waals surface area contributed by atoms with E-state index in [9.17, 15) is 9.18 Å². The van der Waals surface area contributed by atoms with Crippen molar-refractivity contribution in [1.82, 2.24) is 4.90 Å². The lowest BCUT2D eigenvalue weighted by molar-refractivity contribution is 0.142. The number of halogens is 2. The van der Waals surface area contributed by atoms with Crippen LogP contribution in [0.1, 0.15) is 0 Å². The van der Waals surface area contributed by atoms with Crippen LogP contribution in [0.2, 0.25) is 0 Å². The molecule has 1 aromatic carbocycles. The number of nitrogens with zero attached hydrogens (tertiary/aromatic N) is 2. The van der Waals surface area contributed by atoms with Gasteiger partial charge in [0.15, 0.2) is 0 Å². The van der Waals surface area contributed by atoms with Gasteiger partial charge in [0.2, 0.25) is 0 Å². The highest BCUT2D eigenvalue weighted by molar-refractivity contribution is 9.11. The Labute approximate surface area is 127 Å². The van der Waals surface area contributed by atoms with E-state index in [1.807, 2.05) is 0 Å². The first-order valence-corrected chi connectivity index (χ1v) is 7.77. The van der Waals surface area contributed by atoms with Crippen molar-refractivity contribution in [2.45, 2.75) is 0 Å². The molecular formula is C13H12BrFN2O2S. The maximum Gasteiger partial charge on any atom is 0.407 e. The molecule has 0 atom stereocenters. The van der Waals surface area contributed by atoms with Crippen molar-refractivity contribution in [1.29, 1.82) is 0 Å². The van der Waals surface area contributed by atoms with Crippen LogP contribution in [0, 0.1) is 5.82 Å². The van der Waals surface area contributed by atoms with Gasteiger partial charge in [0, 0.05) is 36.3 Å². The standard InChI is InChI=1S/C13H12BrFN2O2S/c14-12-11(9-2-1-8(15)7-10(9)20-12)16-3-5-17(6-4-16)13(18)19/h1-2,7H,3-6H2,(H,18,19). The molecule has 0 aliphatic carbocycles. The van der Waals surface area contributed by atoms with Gasteiger partial charge >= 0.3 is 6.09 Å². The maximum atomic E-state index is 13.3. The van der Waals surface area contributed by atoms with Gasteiger partial charge in [-0.25, -0.2) is 9.18 Å². The number of thiophene rings is 1. The number of hydrogen-bond donors (Lipinski definition) is 1. The molecular weight excluding hydrogens is 347 g/mol. The van der Waals surface area contributed by atoms with Gasteiger partial charge in [-0.1, -0.05) is 0 Å². The molecule has 1 aliphatic rings. The molecule has 1 amide bonds. The van der Waals surface area contributed by atoms with Crippen LogP contribution in [-0.4, -0.2) is 42.3 Å². The molecule has 4 nitrogen and oxygen atoms in total. The third-order valence-corrected chi connectivity index (χ3v) is 5.24. The van der Waals surface area contributed by atoms with E-state index >= 15 is 0 Å². The second kappa shape index (κ2) is 5.21. The quantitative estimate of drug-likeness (QED) is 0.846. The second-order valence-corrected chi connectivity index (χ2v) is 6.99. The van der Waals surface area contributed by atoms with Gasteiger partial charge in [-0.15, -0.1) is 11.3 Å². The van der Waals surface area contributed by atoms with Crippen LogP contribution in [0.3, 0.4) is 0 Å². The van der Waals surface area contributed by atoms with Crippen molar-refractivity contribution in [3.05, 3.63) is 27.8 Å². The van der Waals surface area contributed by atoms with Gasteiger partial charge in [-0.3, -0.25) is 0 Å². The molecule has 0 radical (unpaired) electrons. The number of anilines is 1. The molecule has 0 spiro atoms. The summed E-state index contributed by atoms with van der Waals surface area (Å²) in [6.07, 6.45) is -0.874. The lowest BCUT2D eigenvalue weighted by Gasteiger charge is -2.34. The minimum absolute atomic E-state index is 0.242. The molecule has 1 N–H and O–H groups in total. The monoisotopic (exact) mass is 358 g/mol. The Bertz CT molecular complexity index is 668. The summed E-state index contributed by atoms with van der Waals surface area (Å²) in [6, 6.07) is 4.77. The molecule has 20 heavy (non-hydrogen) atoms. The van der Waals surface area contributed by atoms with Crippen LogP contribution in [0.4, 0.5) is 14.9 Å². The first kappa shape index (κ1) is 13.6. The third-order valence-electron chi connectivity index (χ3n) is 3.45. The zero-order chi connectivity index (χ0) is 14.3. The topological polar surface area (TPSA) is 43.8 Å². The first-order valence-electron chi connectivity index (χ1n) is 6.16. The number of carboxylic acid groups (broad SMARTS) is 1. The Kier molecular flexibility index (Phi) is 3.55. The average Bonchev–Trinajstić information content (AvgIpc) is 2.73. The lowest BCUT2D eigenvalue weighted by atomic mass is 10.2. The number of amides is 1. The molecule has 1 aliphatic heterocycles. The smallest absolute Gasteiger partial charge is 0.407 e. The first-order chi connectivity index (χ1) is 9.56. The fourth-order valence-corrected chi connectivity index (χ4v) is 4.41. The number of benzene rings is 1. The lowest BCUT2D eigenvalue weighted by Crippen LogP contribution is -2.48. The molecule has 0 bridgehead atoms. The minimum atomic E-state index is -0.874. The molecule has 7 heteroatoms. The maximum absolute atomic E-state index is 13.3. The summed E-state index contributed by atoms with van der Waals surface area (Å²) in [5.74, 6) is -0.242. The van der Waals surface area contributed by atoms with E-state index in [-0.39, 0.29) is 5.82 Å². The number of carbonyl (C=O) groups is 1. The Morgan fingerprint density at radius 3 is 2.65 bits per heavy atom. The number of hydrogen-bond acceptors (Lipinski definition) is 3. The Morgan fingerprint density at radius 1 is 1.30 bits per heavy atom. The van der Waals surface area contributed by atoms with Gasteiger partial charge in [-0.05, 0) is 34.1 Å². The molecule has 0 unspecified atom stereocenters. The summed E-state index contributed by atoms with van der Waals surface area (Å²) in [5, 5.41) is 9.98. The highest BCUT2D eigenvalue weighted by Crippen LogP contribution is 2.42. The molecule has 1 aromatic heterocycles. The summed E-state index contributed by atoms with van der Waals surface area (Å²) in [6.45, 7) is 2.27. The Morgan fingerprint density at radius 2 is 2.00 bits per heavy atom. The van der Waals surface area contributed by atoms with Gasteiger partial charge in [0.1, 0.15) is 5.82 Å². The van der Waals surface area contributed by atoms with E-state index in [1.54, 1.807) is 6.07 Å².